The predicted octanol–water partition coefficient (Wildman–Crippen LogP) is 4.94. The Morgan fingerprint density at radius 1 is 1.11 bits per heavy atom. The summed E-state index contributed by atoms with van der Waals surface area (Å²) in [4.78, 5) is 4.33. The Bertz CT molecular complexity index is 325. The average molecular weight is 249 g/mol. The summed E-state index contributed by atoms with van der Waals surface area (Å²) in [6, 6.07) is 4.20. The first-order valence-electron chi connectivity index (χ1n) is 7.32. The highest BCUT2D eigenvalue weighted by molar-refractivity contribution is 5.29. The fourth-order valence-electron chi connectivity index (χ4n) is 2.43. The van der Waals surface area contributed by atoms with Crippen LogP contribution >= 0.6 is 0 Å². The second kappa shape index (κ2) is 8.96. The summed E-state index contributed by atoms with van der Waals surface area (Å²) < 4.78 is 5.40. The van der Waals surface area contributed by atoms with E-state index < -0.39 is 0 Å². The molecule has 1 unspecified atom stereocenters. The molecule has 0 aliphatic carbocycles. The Balaban J connectivity index is 2.72. The molecule has 0 bridgehead atoms. The van der Waals surface area contributed by atoms with E-state index in [1.54, 1.807) is 7.11 Å². The molecule has 1 rings (SSSR count). The molecule has 0 aliphatic heterocycles. The fourth-order valence-corrected chi connectivity index (χ4v) is 2.43. The Kier molecular flexibility index (Phi) is 7.47. The van der Waals surface area contributed by atoms with Crippen molar-refractivity contribution in [3.05, 3.63) is 23.9 Å². The summed E-state index contributed by atoms with van der Waals surface area (Å²) in [7, 11) is 1.72. The maximum Gasteiger partial charge on any atom is 0.216 e. The smallest absolute Gasteiger partial charge is 0.216 e. The van der Waals surface area contributed by atoms with Gasteiger partial charge in [0.25, 0.3) is 0 Å². The molecule has 1 aromatic rings. The van der Waals surface area contributed by atoms with E-state index in [9.17, 15) is 0 Å². The van der Waals surface area contributed by atoms with E-state index >= 15 is 0 Å². The minimum atomic E-state index is 0.611. The van der Waals surface area contributed by atoms with Crippen molar-refractivity contribution in [3.63, 3.8) is 0 Å². The molecule has 1 aromatic heterocycles. The van der Waals surface area contributed by atoms with E-state index in [-0.39, 0.29) is 0 Å². The predicted molar refractivity (Wildman–Crippen MR) is 77.2 cm³/mol. The van der Waals surface area contributed by atoms with Crippen LogP contribution in [0.5, 0.6) is 5.88 Å². The van der Waals surface area contributed by atoms with Crippen molar-refractivity contribution in [1.82, 2.24) is 4.98 Å². The number of rotatable bonds is 9. The van der Waals surface area contributed by atoms with Crippen LogP contribution in [0.25, 0.3) is 0 Å². The van der Waals surface area contributed by atoms with Gasteiger partial charge in [0.1, 0.15) is 0 Å². The Hall–Kier alpha value is -1.05. The lowest BCUT2D eigenvalue weighted by Crippen LogP contribution is -2.03. The second-order valence-electron chi connectivity index (χ2n) is 4.94. The molecule has 18 heavy (non-hydrogen) atoms. The third-order valence-corrected chi connectivity index (χ3v) is 3.50. The van der Waals surface area contributed by atoms with Gasteiger partial charge >= 0.3 is 0 Å². The van der Waals surface area contributed by atoms with E-state index in [2.05, 4.69) is 24.9 Å². The largest absolute Gasteiger partial charge is 0.481 e. The normalized spacial score (nSPS) is 12.4. The fraction of sp³-hybridized carbons (Fsp3) is 0.688. The Morgan fingerprint density at radius 3 is 2.50 bits per heavy atom. The van der Waals surface area contributed by atoms with Crippen LogP contribution in [0.15, 0.2) is 18.3 Å². The standard InChI is InChI=1S/C16H27NO/c1-4-6-8-11-14(10-7-5-2)15-12-9-13-17-16(15)18-3/h9,12-14H,4-8,10-11H2,1-3H3. The highest BCUT2D eigenvalue weighted by Crippen LogP contribution is 2.32. The summed E-state index contributed by atoms with van der Waals surface area (Å²) in [6.07, 6.45) is 10.8. The third kappa shape index (κ3) is 4.67. The van der Waals surface area contributed by atoms with Crippen molar-refractivity contribution in [2.75, 3.05) is 7.11 Å². The van der Waals surface area contributed by atoms with Gasteiger partial charge in [0.05, 0.1) is 7.11 Å². The van der Waals surface area contributed by atoms with E-state index in [1.807, 2.05) is 12.3 Å². The molecular weight excluding hydrogens is 222 g/mol. The number of hydrogen-bond donors (Lipinski definition) is 0. The lowest BCUT2D eigenvalue weighted by atomic mass is 9.89. The number of ether oxygens (including phenoxy) is 1. The van der Waals surface area contributed by atoms with Crippen LogP contribution in [0.1, 0.15) is 70.3 Å². The Labute approximate surface area is 112 Å². The van der Waals surface area contributed by atoms with Gasteiger partial charge in [-0.05, 0) is 24.8 Å². The maximum absolute atomic E-state index is 5.40. The average Bonchev–Trinajstić information content (AvgIpc) is 2.42. The van der Waals surface area contributed by atoms with Crippen molar-refractivity contribution < 1.29 is 4.74 Å². The quantitative estimate of drug-likeness (QED) is 0.578. The summed E-state index contributed by atoms with van der Waals surface area (Å²) in [5, 5.41) is 0. The molecule has 0 aliphatic rings. The molecule has 0 spiro atoms. The topological polar surface area (TPSA) is 22.1 Å². The molecule has 1 atom stereocenters. The van der Waals surface area contributed by atoms with Gasteiger partial charge in [-0.15, -0.1) is 0 Å². The van der Waals surface area contributed by atoms with Gasteiger partial charge in [0, 0.05) is 11.8 Å². The molecular formula is C16H27NO. The van der Waals surface area contributed by atoms with E-state index in [0.29, 0.717) is 5.92 Å². The lowest BCUT2D eigenvalue weighted by Gasteiger charge is -2.18. The number of unbranched alkanes of at least 4 members (excludes halogenated alkanes) is 3. The molecule has 0 saturated heterocycles. The third-order valence-electron chi connectivity index (χ3n) is 3.50. The van der Waals surface area contributed by atoms with Crippen molar-refractivity contribution >= 4 is 0 Å². The molecule has 0 N–H and O–H groups in total. The zero-order valence-electron chi connectivity index (χ0n) is 12.1. The van der Waals surface area contributed by atoms with Gasteiger partial charge in [0.15, 0.2) is 0 Å². The molecule has 2 heteroatoms. The van der Waals surface area contributed by atoms with Crippen LogP contribution in [0.3, 0.4) is 0 Å². The molecule has 0 saturated carbocycles. The number of hydrogen-bond acceptors (Lipinski definition) is 2. The Morgan fingerprint density at radius 2 is 1.83 bits per heavy atom. The minimum Gasteiger partial charge on any atom is -0.481 e. The van der Waals surface area contributed by atoms with Gasteiger partial charge in [0.2, 0.25) is 5.88 Å². The van der Waals surface area contributed by atoms with Gasteiger partial charge in [-0.1, -0.05) is 52.0 Å². The van der Waals surface area contributed by atoms with E-state index in [1.165, 1.54) is 50.5 Å². The van der Waals surface area contributed by atoms with Crippen LogP contribution in [0.2, 0.25) is 0 Å². The first-order chi connectivity index (χ1) is 8.83. The van der Waals surface area contributed by atoms with Gasteiger partial charge in [-0.2, -0.15) is 0 Å². The number of nitrogens with zero attached hydrogens (tertiary/aromatic N) is 1. The number of methoxy groups -OCH3 is 1. The van der Waals surface area contributed by atoms with Gasteiger partial charge in [-0.25, -0.2) is 4.98 Å². The van der Waals surface area contributed by atoms with E-state index in [0.717, 1.165) is 5.88 Å². The van der Waals surface area contributed by atoms with Crippen molar-refractivity contribution in [1.29, 1.82) is 0 Å². The van der Waals surface area contributed by atoms with Crippen LogP contribution in [0, 0.1) is 0 Å². The SMILES string of the molecule is CCCCCC(CCCC)c1cccnc1OC. The van der Waals surface area contributed by atoms with E-state index in [4.69, 9.17) is 4.74 Å². The molecule has 0 fully saturated rings. The minimum absolute atomic E-state index is 0.611. The monoisotopic (exact) mass is 249 g/mol. The number of pyridine rings is 1. The number of aromatic nitrogens is 1. The van der Waals surface area contributed by atoms with Crippen LogP contribution in [0.4, 0.5) is 0 Å². The molecule has 0 amide bonds. The van der Waals surface area contributed by atoms with Crippen LogP contribution in [-0.2, 0) is 0 Å². The van der Waals surface area contributed by atoms with Gasteiger partial charge < -0.3 is 4.74 Å². The van der Waals surface area contributed by atoms with Crippen LogP contribution in [-0.4, -0.2) is 12.1 Å². The zero-order chi connectivity index (χ0) is 13.2. The molecule has 0 aromatic carbocycles. The maximum atomic E-state index is 5.40. The molecule has 2 nitrogen and oxygen atoms in total. The highest BCUT2D eigenvalue weighted by Gasteiger charge is 2.15. The molecule has 102 valence electrons. The summed E-state index contributed by atoms with van der Waals surface area (Å²) in [5.74, 6) is 1.43. The molecule has 1 heterocycles. The summed E-state index contributed by atoms with van der Waals surface area (Å²) in [6.45, 7) is 4.51. The van der Waals surface area contributed by atoms with Crippen molar-refractivity contribution in [2.45, 2.75) is 64.7 Å². The van der Waals surface area contributed by atoms with Crippen molar-refractivity contribution in [2.24, 2.45) is 0 Å². The second-order valence-corrected chi connectivity index (χ2v) is 4.94. The highest BCUT2D eigenvalue weighted by atomic mass is 16.5. The summed E-state index contributed by atoms with van der Waals surface area (Å²) >= 11 is 0. The first kappa shape index (κ1) is 15.0. The van der Waals surface area contributed by atoms with Crippen LogP contribution < -0.4 is 4.74 Å². The zero-order valence-corrected chi connectivity index (χ0v) is 12.1. The van der Waals surface area contributed by atoms with Gasteiger partial charge in [-0.3, -0.25) is 0 Å². The first-order valence-corrected chi connectivity index (χ1v) is 7.32. The molecule has 0 radical (unpaired) electrons. The lowest BCUT2D eigenvalue weighted by molar-refractivity contribution is 0.382. The van der Waals surface area contributed by atoms with Crippen molar-refractivity contribution in [3.8, 4) is 5.88 Å². The summed E-state index contributed by atoms with van der Waals surface area (Å²) in [5.41, 5.74) is 1.30.